The summed E-state index contributed by atoms with van der Waals surface area (Å²) in [5.74, 6) is -2.72. The molecule has 0 radical (unpaired) electrons. The van der Waals surface area contributed by atoms with Crippen molar-refractivity contribution in [1.29, 1.82) is 0 Å². The summed E-state index contributed by atoms with van der Waals surface area (Å²) < 4.78 is 26.2. The van der Waals surface area contributed by atoms with Crippen molar-refractivity contribution in [3.8, 4) is 0 Å². The van der Waals surface area contributed by atoms with Crippen LogP contribution >= 0.6 is 11.3 Å². The molecule has 126 valence electrons. The molecule has 2 saturated carbocycles. The summed E-state index contributed by atoms with van der Waals surface area (Å²) >= 11 is 1.30. The summed E-state index contributed by atoms with van der Waals surface area (Å²) in [4.78, 5) is 23.3. The molecule has 2 fully saturated rings. The molecule has 0 saturated heterocycles. The van der Waals surface area contributed by atoms with Crippen LogP contribution < -0.4 is 10.6 Å². The van der Waals surface area contributed by atoms with Crippen molar-refractivity contribution in [3.63, 3.8) is 0 Å². The molecule has 0 aliphatic heterocycles. The van der Waals surface area contributed by atoms with Crippen LogP contribution in [0, 0.1) is 0 Å². The number of rotatable bonds is 4. The van der Waals surface area contributed by atoms with Crippen molar-refractivity contribution in [2.24, 2.45) is 0 Å². The summed E-state index contributed by atoms with van der Waals surface area (Å²) in [6, 6.07) is 1.49. The summed E-state index contributed by atoms with van der Waals surface area (Å²) in [7, 11) is 0. The van der Waals surface area contributed by atoms with Crippen LogP contribution in [0.3, 0.4) is 0 Å². The average Bonchev–Trinajstić information content (AvgIpc) is 3.04. The maximum atomic E-state index is 13.1. The van der Waals surface area contributed by atoms with Crippen molar-refractivity contribution in [2.75, 3.05) is 0 Å². The minimum absolute atomic E-state index is 0.0846. The largest absolute Gasteiger partial charge is 0.465 e. The van der Waals surface area contributed by atoms with Gasteiger partial charge in [-0.05, 0) is 36.3 Å². The van der Waals surface area contributed by atoms with E-state index in [1.807, 2.05) is 5.38 Å². The van der Waals surface area contributed by atoms with Crippen LogP contribution in [0.5, 0.6) is 0 Å². The second-order valence-corrected chi connectivity index (χ2v) is 7.16. The molecule has 2 atom stereocenters. The van der Waals surface area contributed by atoms with E-state index in [1.54, 1.807) is 6.07 Å². The van der Waals surface area contributed by atoms with Crippen molar-refractivity contribution in [1.82, 2.24) is 10.6 Å². The Kier molecular flexibility index (Phi) is 4.27. The van der Waals surface area contributed by atoms with E-state index in [1.165, 1.54) is 11.3 Å². The molecule has 5 nitrogen and oxygen atoms in total. The zero-order chi connectivity index (χ0) is 16.6. The van der Waals surface area contributed by atoms with Gasteiger partial charge in [0.25, 0.3) is 5.91 Å². The molecule has 0 aromatic carbocycles. The number of thiophene rings is 1. The number of carbonyl (C=O) groups is 2. The Balaban J connectivity index is 1.52. The normalized spacial score (nSPS) is 26.5. The second-order valence-electron chi connectivity index (χ2n) is 6.25. The Hall–Kier alpha value is -1.70. The molecular formula is C15H18F2N2O3S. The molecule has 0 bridgehead atoms. The van der Waals surface area contributed by atoms with Gasteiger partial charge >= 0.3 is 6.09 Å². The van der Waals surface area contributed by atoms with Gasteiger partial charge in [0.1, 0.15) is 0 Å². The number of halogens is 2. The van der Waals surface area contributed by atoms with Gasteiger partial charge < -0.3 is 15.7 Å². The van der Waals surface area contributed by atoms with Gasteiger partial charge in [-0.3, -0.25) is 4.79 Å². The lowest BCUT2D eigenvalue weighted by molar-refractivity contribution is -0.0399. The first kappa shape index (κ1) is 16.2. The Labute approximate surface area is 136 Å². The van der Waals surface area contributed by atoms with Crippen LogP contribution in [0.15, 0.2) is 11.4 Å². The fourth-order valence-corrected chi connectivity index (χ4v) is 3.86. The third-order valence-corrected chi connectivity index (χ3v) is 5.37. The van der Waals surface area contributed by atoms with E-state index in [-0.39, 0.29) is 36.8 Å². The van der Waals surface area contributed by atoms with Gasteiger partial charge in [0.15, 0.2) is 0 Å². The van der Waals surface area contributed by atoms with Crippen LogP contribution in [0.4, 0.5) is 13.6 Å². The first-order valence-corrected chi connectivity index (χ1v) is 8.48. The molecule has 0 unspecified atom stereocenters. The zero-order valence-corrected chi connectivity index (χ0v) is 13.2. The smallest absolute Gasteiger partial charge is 0.404 e. The third kappa shape index (κ3) is 3.99. The van der Waals surface area contributed by atoms with Gasteiger partial charge in [-0.25, -0.2) is 13.6 Å². The standard InChI is InChI=1S/C15H18F2N2O3S/c16-15(17)3-1-9(2-4-15)18-13(20)12-5-8(7-23-12)10-6-11(10)19-14(21)22/h5,7,9-11,19H,1-4,6H2,(H,18,20)(H,21,22)/t10-,11+/m0/s1. The minimum atomic E-state index is -2.60. The second kappa shape index (κ2) is 6.07. The number of carbonyl (C=O) groups excluding carboxylic acids is 1. The molecule has 2 aliphatic carbocycles. The number of hydrogen-bond donors (Lipinski definition) is 3. The van der Waals surface area contributed by atoms with Crippen LogP contribution in [0.25, 0.3) is 0 Å². The van der Waals surface area contributed by atoms with Gasteiger partial charge in [0.05, 0.1) is 4.88 Å². The number of amides is 2. The van der Waals surface area contributed by atoms with E-state index in [4.69, 9.17) is 5.11 Å². The molecule has 8 heteroatoms. The van der Waals surface area contributed by atoms with Gasteiger partial charge in [-0.2, -0.15) is 0 Å². The highest BCUT2D eigenvalue weighted by Gasteiger charge is 2.40. The van der Waals surface area contributed by atoms with Crippen molar-refractivity contribution in [3.05, 3.63) is 21.9 Å². The van der Waals surface area contributed by atoms with Crippen molar-refractivity contribution >= 4 is 23.3 Å². The Morgan fingerprint density at radius 2 is 1.96 bits per heavy atom. The quantitative estimate of drug-likeness (QED) is 0.785. The first-order valence-electron chi connectivity index (χ1n) is 7.61. The molecule has 0 spiro atoms. The first-order chi connectivity index (χ1) is 10.8. The predicted octanol–water partition coefficient (Wildman–Crippen LogP) is 3.18. The summed E-state index contributed by atoms with van der Waals surface area (Å²) in [5.41, 5.74) is 0.953. The van der Waals surface area contributed by atoms with Crippen molar-refractivity contribution in [2.45, 2.75) is 56.0 Å². The highest BCUT2D eigenvalue weighted by molar-refractivity contribution is 7.12. The van der Waals surface area contributed by atoms with Gasteiger partial charge in [0.2, 0.25) is 5.92 Å². The minimum Gasteiger partial charge on any atom is -0.465 e. The average molecular weight is 344 g/mol. The fraction of sp³-hybridized carbons (Fsp3) is 0.600. The predicted molar refractivity (Wildman–Crippen MR) is 81.3 cm³/mol. The van der Waals surface area contributed by atoms with Gasteiger partial charge in [-0.15, -0.1) is 11.3 Å². The molecule has 3 N–H and O–H groups in total. The van der Waals surface area contributed by atoms with E-state index < -0.39 is 12.0 Å². The number of nitrogens with one attached hydrogen (secondary N) is 2. The molecule has 1 aromatic rings. The molecule has 2 aliphatic rings. The lowest BCUT2D eigenvalue weighted by Crippen LogP contribution is -2.40. The Bertz CT molecular complexity index is 610. The number of alkyl halides is 2. The van der Waals surface area contributed by atoms with Crippen LogP contribution in [0.2, 0.25) is 0 Å². The van der Waals surface area contributed by atoms with E-state index >= 15 is 0 Å². The fourth-order valence-electron chi connectivity index (χ4n) is 2.99. The maximum Gasteiger partial charge on any atom is 0.404 e. The molecular weight excluding hydrogens is 326 g/mol. The Morgan fingerprint density at radius 3 is 2.61 bits per heavy atom. The topological polar surface area (TPSA) is 78.4 Å². The molecule has 1 aromatic heterocycles. The summed E-state index contributed by atoms with van der Waals surface area (Å²) in [6.45, 7) is 0. The van der Waals surface area contributed by atoms with Gasteiger partial charge in [-0.1, -0.05) is 0 Å². The van der Waals surface area contributed by atoms with Crippen LogP contribution in [-0.4, -0.2) is 35.1 Å². The lowest BCUT2D eigenvalue weighted by Gasteiger charge is -2.28. The summed E-state index contributed by atoms with van der Waals surface area (Å²) in [6.07, 6.45) is -0.0769. The molecule has 23 heavy (non-hydrogen) atoms. The van der Waals surface area contributed by atoms with Gasteiger partial charge in [0, 0.05) is 30.8 Å². The van der Waals surface area contributed by atoms with Crippen LogP contribution in [-0.2, 0) is 0 Å². The highest BCUT2D eigenvalue weighted by Crippen LogP contribution is 2.42. The number of hydrogen-bond acceptors (Lipinski definition) is 3. The monoisotopic (exact) mass is 344 g/mol. The van der Waals surface area contributed by atoms with Crippen LogP contribution in [0.1, 0.15) is 53.3 Å². The Morgan fingerprint density at radius 1 is 1.26 bits per heavy atom. The van der Waals surface area contributed by atoms with E-state index in [0.29, 0.717) is 17.7 Å². The SMILES string of the molecule is O=C(O)N[C@@H]1C[C@H]1c1csc(C(=O)NC2CCC(F)(F)CC2)c1. The van der Waals surface area contributed by atoms with Crippen molar-refractivity contribution < 1.29 is 23.5 Å². The molecule has 3 rings (SSSR count). The van der Waals surface area contributed by atoms with E-state index in [2.05, 4.69) is 10.6 Å². The maximum absolute atomic E-state index is 13.1. The molecule has 1 heterocycles. The molecule has 2 amide bonds. The van der Waals surface area contributed by atoms with E-state index in [9.17, 15) is 18.4 Å². The highest BCUT2D eigenvalue weighted by atomic mass is 32.1. The number of carboxylic acid groups (broad SMARTS) is 1. The van der Waals surface area contributed by atoms with E-state index in [0.717, 1.165) is 12.0 Å². The zero-order valence-electron chi connectivity index (χ0n) is 12.4. The third-order valence-electron chi connectivity index (χ3n) is 4.42. The lowest BCUT2D eigenvalue weighted by atomic mass is 9.92. The summed E-state index contributed by atoms with van der Waals surface area (Å²) in [5, 5.41) is 15.8.